The highest BCUT2D eigenvalue weighted by molar-refractivity contribution is 7.80. The summed E-state index contributed by atoms with van der Waals surface area (Å²) >= 11 is 11.3. The molecule has 1 heterocycles. The van der Waals surface area contributed by atoms with Crippen LogP contribution in [0.15, 0.2) is 42.6 Å². The van der Waals surface area contributed by atoms with Crippen molar-refractivity contribution in [3.8, 4) is 0 Å². The topological polar surface area (TPSA) is 37.0 Å². The van der Waals surface area contributed by atoms with Gasteiger partial charge in [-0.15, -0.1) is 0 Å². The SMILES string of the molecule is Cc1cnc(NC(=S)NCc2ccccc2)c(Cl)c1. The van der Waals surface area contributed by atoms with Gasteiger partial charge in [0.2, 0.25) is 0 Å². The standard InChI is InChI=1S/C14H14ClN3S/c1-10-7-12(15)13(16-8-10)18-14(19)17-9-11-5-3-2-4-6-11/h2-8H,9H2,1H3,(H2,16,17,18,19). The number of benzene rings is 1. The van der Waals surface area contributed by atoms with Gasteiger partial charge in [-0.1, -0.05) is 41.9 Å². The molecule has 2 aromatic rings. The fourth-order valence-electron chi connectivity index (χ4n) is 1.56. The third-order valence-electron chi connectivity index (χ3n) is 2.51. The first-order valence-corrected chi connectivity index (χ1v) is 6.64. The van der Waals surface area contributed by atoms with Crippen molar-refractivity contribution in [1.82, 2.24) is 10.3 Å². The maximum Gasteiger partial charge on any atom is 0.172 e. The lowest BCUT2D eigenvalue weighted by Gasteiger charge is -2.11. The highest BCUT2D eigenvalue weighted by Gasteiger charge is 2.04. The van der Waals surface area contributed by atoms with Crippen molar-refractivity contribution < 1.29 is 0 Å². The normalized spacial score (nSPS) is 10.0. The summed E-state index contributed by atoms with van der Waals surface area (Å²) in [6.45, 7) is 2.60. The highest BCUT2D eigenvalue weighted by atomic mass is 35.5. The smallest absolute Gasteiger partial charge is 0.172 e. The lowest BCUT2D eigenvalue weighted by atomic mass is 10.2. The summed E-state index contributed by atoms with van der Waals surface area (Å²) in [5.74, 6) is 0.567. The Morgan fingerprint density at radius 1 is 1.32 bits per heavy atom. The number of thiocarbonyl (C=S) groups is 1. The van der Waals surface area contributed by atoms with Gasteiger partial charge < -0.3 is 10.6 Å². The third-order valence-corrected chi connectivity index (χ3v) is 3.04. The molecule has 0 amide bonds. The molecule has 0 radical (unpaired) electrons. The molecular formula is C14H14ClN3S. The molecule has 0 spiro atoms. The van der Waals surface area contributed by atoms with E-state index in [2.05, 4.69) is 15.6 Å². The minimum absolute atomic E-state index is 0.502. The van der Waals surface area contributed by atoms with Crippen LogP contribution >= 0.6 is 23.8 Å². The molecule has 1 aromatic heterocycles. The van der Waals surface area contributed by atoms with Gasteiger partial charge in [-0.3, -0.25) is 0 Å². The molecule has 0 saturated carbocycles. The molecule has 98 valence electrons. The van der Waals surface area contributed by atoms with Gasteiger partial charge in [-0.2, -0.15) is 0 Å². The van der Waals surface area contributed by atoms with Crippen LogP contribution in [0.4, 0.5) is 5.82 Å². The van der Waals surface area contributed by atoms with E-state index in [4.69, 9.17) is 23.8 Å². The minimum Gasteiger partial charge on any atom is -0.358 e. The van der Waals surface area contributed by atoms with E-state index in [9.17, 15) is 0 Å². The largest absolute Gasteiger partial charge is 0.358 e. The molecule has 0 fully saturated rings. The van der Waals surface area contributed by atoms with Crippen molar-refractivity contribution in [1.29, 1.82) is 0 Å². The first-order valence-electron chi connectivity index (χ1n) is 5.86. The van der Waals surface area contributed by atoms with Gasteiger partial charge >= 0.3 is 0 Å². The van der Waals surface area contributed by atoms with Crippen molar-refractivity contribution in [3.63, 3.8) is 0 Å². The number of halogens is 1. The van der Waals surface area contributed by atoms with Crippen LogP contribution in [0.2, 0.25) is 5.02 Å². The summed E-state index contributed by atoms with van der Waals surface area (Å²) in [7, 11) is 0. The lowest BCUT2D eigenvalue weighted by Crippen LogP contribution is -2.28. The Labute approximate surface area is 123 Å². The number of aryl methyl sites for hydroxylation is 1. The van der Waals surface area contributed by atoms with Crippen LogP contribution < -0.4 is 10.6 Å². The van der Waals surface area contributed by atoms with Gasteiger partial charge in [0.15, 0.2) is 10.9 Å². The van der Waals surface area contributed by atoms with Crippen LogP contribution in [0.25, 0.3) is 0 Å². The molecule has 3 nitrogen and oxygen atoms in total. The predicted molar refractivity (Wildman–Crippen MR) is 83.5 cm³/mol. The summed E-state index contributed by atoms with van der Waals surface area (Å²) in [5, 5.41) is 7.16. The Morgan fingerprint density at radius 3 is 2.74 bits per heavy atom. The Morgan fingerprint density at radius 2 is 2.05 bits per heavy atom. The first-order chi connectivity index (χ1) is 9.15. The Hall–Kier alpha value is -1.65. The summed E-state index contributed by atoms with van der Waals surface area (Å²) in [6, 6.07) is 11.9. The molecular weight excluding hydrogens is 278 g/mol. The van der Waals surface area contributed by atoms with Crippen LogP contribution in [-0.2, 0) is 6.54 Å². The van der Waals surface area contributed by atoms with Gasteiger partial charge in [0, 0.05) is 12.7 Å². The maximum atomic E-state index is 6.08. The molecule has 0 unspecified atom stereocenters. The number of aromatic nitrogens is 1. The first kappa shape index (κ1) is 13.8. The molecule has 0 saturated heterocycles. The summed E-state index contributed by atoms with van der Waals surface area (Å²) in [5.41, 5.74) is 2.17. The lowest BCUT2D eigenvalue weighted by molar-refractivity contribution is 0.925. The third kappa shape index (κ3) is 4.19. The second kappa shape index (κ2) is 6.50. The van der Waals surface area contributed by atoms with E-state index >= 15 is 0 Å². The zero-order valence-electron chi connectivity index (χ0n) is 10.5. The molecule has 0 aliphatic rings. The number of rotatable bonds is 3. The van der Waals surface area contributed by atoms with E-state index in [0.717, 1.165) is 11.1 Å². The van der Waals surface area contributed by atoms with Crippen LogP contribution in [0.1, 0.15) is 11.1 Å². The quantitative estimate of drug-likeness (QED) is 0.848. The fraction of sp³-hybridized carbons (Fsp3) is 0.143. The molecule has 2 N–H and O–H groups in total. The van der Waals surface area contributed by atoms with Crippen LogP contribution in [0.3, 0.4) is 0 Å². The zero-order valence-corrected chi connectivity index (χ0v) is 12.1. The summed E-state index contributed by atoms with van der Waals surface area (Å²) in [6.07, 6.45) is 1.74. The Kier molecular flexibility index (Phi) is 4.71. The minimum atomic E-state index is 0.502. The van der Waals surface area contributed by atoms with Gasteiger partial charge in [-0.25, -0.2) is 4.98 Å². The second-order valence-corrected chi connectivity index (χ2v) is 4.95. The van der Waals surface area contributed by atoms with Gasteiger partial charge in [0.25, 0.3) is 0 Å². The average Bonchev–Trinajstić information content (AvgIpc) is 2.41. The number of hydrogen-bond donors (Lipinski definition) is 2. The Bertz CT molecular complexity index is 572. The van der Waals surface area contributed by atoms with Crippen molar-refractivity contribution in [2.24, 2.45) is 0 Å². The van der Waals surface area contributed by atoms with Crippen molar-refractivity contribution in [2.45, 2.75) is 13.5 Å². The van der Waals surface area contributed by atoms with Crippen molar-refractivity contribution >= 4 is 34.7 Å². The highest BCUT2D eigenvalue weighted by Crippen LogP contribution is 2.19. The fourth-order valence-corrected chi connectivity index (χ4v) is 1.99. The second-order valence-electron chi connectivity index (χ2n) is 4.14. The average molecular weight is 292 g/mol. The molecule has 0 bridgehead atoms. The number of anilines is 1. The monoisotopic (exact) mass is 291 g/mol. The molecule has 0 atom stereocenters. The van der Waals surface area contributed by atoms with Gasteiger partial charge in [-0.05, 0) is 36.3 Å². The van der Waals surface area contributed by atoms with Crippen LogP contribution in [0, 0.1) is 6.92 Å². The van der Waals surface area contributed by atoms with E-state index in [1.165, 1.54) is 0 Å². The van der Waals surface area contributed by atoms with Crippen molar-refractivity contribution in [3.05, 3.63) is 58.7 Å². The number of pyridine rings is 1. The summed E-state index contributed by atoms with van der Waals surface area (Å²) in [4.78, 5) is 4.20. The zero-order chi connectivity index (χ0) is 13.7. The van der Waals surface area contributed by atoms with Gasteiger partial charge in [0.05, 0.1) is 5.02 Å². The number of hydrogen-bond acceptors (Lipinski definition) is 2. The van der Waals surface area contributed by atoms with Crippen LogP contribution in [0.5, 0.6) is 0 Å². The molecule has 2 rings (SSSR count). The predicted octanol–water partition coefficient (Wildman–Crippen LogP) is 3.53. The van der Waals surface area contributed by atoms with E-state index in [1.807, 2.05) is 43.3 Å². The van der Waals surface area contributed by atoms with E-state index in [-0.39, 0.29) is 0 Å². The number of nitrogens with zero attached hydrogens (tertiary/aromatic N) is 1. The maximum absolute atomic E-state index is 6.08. The van der Waals surface area contributed by atoms with E-state index < -0.39 is 0 Å². The molecule has 0 aliphatic carbocycles. The number of nitrogens with one attached hydrogen (secondary N) is 2. The molecule has 1 aromatic carbocycles. The van der Waals surface area contributed by atoms with E-state index in [0.29, 0.717) is 22.5 Å². The van der Waals surface area contributed by atoms with Gasteiger partial charge in [0.1, 0.15) is 0 Å². The van der Waals surface area contributed by atoms with E-state index in [1.54, 1.807) is 6.20 Å². The Balaban J connectivity index is 1.91. The van der Waals surface area contributed by atoms with Crippen molar-refractivity contribution in [2.75, 3.05) is 5.32 Å². The molecule has 0 aliphatic heterocycles. The van der Waals surface area contributed by atoms with Crippen LogP contribution in [-0.4, -0.2) is 10.1 Å². The molecule has 5 heteroatoms. The molecule has 19 heavy (non-hydrogen) atoms. The summed E-state index contributed by atoms with van der Waals surface area (Å²) < 4.78 is 0.